The summed E-state index contributed by atoms with van der Waals surface area (Å²) in [6.45, 7) is 3.29. The molecule has 0 amide bonds. The highest BCUT2D eigenvalue weighted by Gasteiger charge is 2.12. The summed E-state index contributed by atoms with van der Waals surface area (Å²) in [7, 11) is 3.65. The molecule has 0 radical (unpaired) electrons. The van der Waals surface area contributed by atoms with Gasteiger partial charge in [0.1, 0.15) is 17.1 Å². The average molecular weight is 353 g/mol. The normalized spacial score (nSPS) is 11.2. The van der Waals surface area contributed by atoms with E-state index >= 15 is 0 Å². The van der Waals surface area contributed by atoms with E-state index in [9.17, 15) is 9.90 Å². The third-order valence-electron chi connectivity index (χ3n) is 4.44. The predicted octanol–water partition coefficient (Wildman–Crippen LogP) is 3.70. The van der Waals surface area contributed by atoms with Crippen molar-refractivity contribution in [1.82, 2.24) is 4.90 Å². The molecule has 0 atom stereocenters. The largest absolute Gasteiger partial charge is 0.508 e. The third kappa shape index (κ3) is 3.89. The molecule has 3 aromatic rings. The maximum Gasteiger partial charge on any atom is 0.336 e. The van der Waals surface area contributed by atoms with E-state index in [1.807, 2.05) is 44.3 Å². The van der Waals surface area contributed by atoms with Gasteiger partial charge in [0.05, 0.1) is 7.11 Å². The Morgan fingerprint density at radius 2 is 1.92 bits per heavy atom. The number of hydrogen-bond donors (Lipinski definition) is 1. The monoisotopic (exact) mass is 353 g/mol. The van der Waals surface area contributed by atoms with Gasteiger partial charge in [-0.2, -0.15) is 0 Å². The Hall–Kier alpha value is -2.79. The Morgan fingerprint density at radius 3 is 2.65 bits per heavy atom. The van der Waals surface area contributed by atoms with Crippen molar-refractivity contribution >= 4 is 11.0 Å². The summed E-state index contributed by atoms with van der Waals surface area (Å²) in [4.78, 5) is 14.0. The van der Waals surface area contributed by atoms with E-state index in [1.54, 1.807) is 7.11 Å². The first-order valence-corrected chi connectivity index (χ1v) is 8.60. The lowest BCUT2D eigenvalue weighted by molar-refractivity contribution is 0.318. The van der Waals surface area contributed by atoms with Gasteiger partial charge in [0, 0.05) is 30.6 Å². The fourth-order valence-electron chi connectivity index (χ4n) is 3.15. The standard InChI is InChI=1S/C21H23NO4/c1-4-15-9-18-16(10-21(24)26-20(18)11-19(15)23)13-22(2)12-14-6-5-7-17(8-14)25-3/h5-11,23H,4,12-13H2,1-3H3. The zero-order valence-electron chi connectivity index (χ0n) is 15.3. The SMILES string of the molecule is CCc1cc2c(CN(C)Cc3cccc(OC)c3)cc(=O)oc2cc1O. The summed E-state index contributed by atoms with van der Waals surface area (Å²) in [5, 5.41) is 10.9. The van der Waals surface area contributed by atoms with Crippen LogP contribution in [0.25, 0.3) is 11.0 Å². The van der Waals surface area contributed by atoms with E-state index < -0.39 is 5.63 Å². The van der Waals surface area contributed by atoms with Crippen LogP contribution in [-0.2, 0) is 19.5 Å². The number of benzene rings is 2. The number of hydrogen-bond acceptors (Lipinski definition) is 5. The van der Waals surface area contributed by atoms with Crippen molar-refractivity contribution in [3.8, 4) is 11.5 Å². The first-order chi connectivity index (χ1) is 12.5. The molecular formula is C21H23NO4. The van der Waals surface area contributed by atoms with Crippen molar-refractivity contribution in [2.24, 2.45) is 0 Å². The fraction of sp³-hybridized carbons (Fsp3) is 0.286. The van der Waals surface area contributed by atoms with E-state index in [0.29, 0.717) is 18.5 Å². The van der Waals surface area contributed by atoms with E-state index in [4.69, 9.17) is 9.15 Å². The number of phenolic OH excluding ortho intramolecular Hbond substituents is 1. The maximum atomic E-state index is 11.9. The minimum atomic E-state index is -0.411. The molecule has 26 heavy (non-hydrogen) atoms. The van der Waals surface area contributed by atoms with Crippen LogP contribution < -0.4 is 10.4 Å². The van der Waals surface area contributed by atoms with Gasteiger partial charge < -0.3 is 14.3 Å². The third-order valence-corrected chi connectivity index (χ3v) is 4.44. The van der Waals surface area contributed by atoms with Crippen LogP contribution in [-0.4, -0.2) is 24.2 Å². The van der Waals surface area contributed by atoms with Gasteiger partial charge >= 0.3 is 5.63 Å². The molecule has 0 spiro atoms. The van der Waals surface area contributed by atoms with Crippen LogP contribution in [0.5, 0.6) is 11.5 Å². The van der Waals surface area contributed by atoms with E-state index in [-0.39, 0.29) is 5.75 Å². The summed E-state index contributed by atoms with van der Waals surface area (Å²) < 4.78 is 10.5. The lowest BCUT2D eigenvalue weighted by Crippen LogP contribution is -2.18. The van der Waals surface area contributed by atoms with Gasteiger partial charge in [0.15, 0.2) is 0 Å². The minimum absolute atomic E-state index is 0.157. The highest BCUT2D eigenvalue weighted by atomic mass is 16.5. The second-order valence-corrected chi connectivity index (χ2v) is 6.45. The van der Waals surface area contributed by atoms with Gasteiger partial charge in [-0.25, -0.2) is 4.79 Å². The molecular weight excluding hydrogens is 330 g/mol. The van der Waals surface area contributed by atoms with Crippen molar-refractivity contribution in [2.75, 3.05) is 14.2 Å². The van der Waals surface area contributed by atoms with Crippen molar-refractivity contribution < 1.29 is 14.3 Å². The zero-order valence-corrected chi connectivity index (χ0v) is 15.3. The lowest BCUT2D eigenvalue weighted by atomic mass is 10.0. The van der Waals surface area contributed by atoms with Gasteiger partial charge in [-0.3, -0.25) is 4.90 Å². The first kappa shape index (κ1) is 18.0. The topological polar surface area (TPSA) is 62.9 Å². The van der Waals surface area contributed by atoms with Crippen LogP contribution in [0.2, 0.25) is 0 Å². The molecule has 0 bridgehead atoms. The van der Waals surface area contributed by atoms with Crippen molar-refractivity contribution in [1.29, 1.82) is 0 Å². The van der Waals surface area contributed by atoms with Gasteiger partial charge in [0.25, 0.3) is 0 Å². The molecule has 1 heterocycles. The summed E-state index contributed by atoms with van der Waals surface area (Å²) in [6.07, 6.45) is 0.708. The fourth-order valence-corrected chi connectivity index (χ4v) is 3.15. The molecule has 0 aliphatic carbocycles. The molecule has 5 nitrogen and oxygen atoms in total. The molecule has 136 valence electrons. The number of fused-ring (bicyclic) bond motifs is 1. The number of aromatic hydroxyl groups is 1. The molecule has 3 rings (SSSR count). The van der Waals surface area contributed by atoms with Crippen molar-refractivity contribution in [3.63, 3.8) is 0 Å². The molecule has 0 saturated heterocycles. The zero-order chi connectivity index (χ0) is 18.7. The van der Waals surface area contributed by atoms with Crippen LogP contribution >= 0.6 is 0 Å². The highest BCUT2D eigenvalue weighted by molar-refractivity contribution is 5.82. The minimum Gasteiger partial charge on any atom is -0.508 e. The van der Waals surface area contributed by atoms with Crippen LogP contribution in [0.1, 0.15) is 23.6 Å². The second-order valence-electron chi connectivity index (χ2n) is 6.45. The Labute approximate surface area is 152 Å². The van der Waals surface area contributed by atoms with Crippen molar-refractivity contribution in [2.45, 2.75) is 26.4 Å². The Kier molecular flexibility index (Phi) is 5.28. The molecule has 1 aromatic heterocycles. The first-order valence-electron chi connectivity index (χ1n) is 8.60. The Balaban J connectivity index is 1.90. The number of ether oxygens (including phenoxy) is 1. The average Bonchev–Trinajstić information content (AvgIpc) is 2.61. The second kappa shape index (κ2) is 7.62. The molecule has 1 N–H and O–H groups in total. The van der Waals surface area contributed by atoms with Gasteiger partial charge in [-0.1, -0.05) is 19.1 Å². The van der Waals surface area contributed by atoms with Gasteiger partial charge in [0.2, 0.25) is 0 Å². The Bertz CT molecular complexity index is 977. The summed E-state index contributed by atoms with van der Waals surface area (Å²) in [5.41, 5.74) is 2.85. The number of aryl methyl sites for hydroxylation is 1. The maximum absolute atomic E-state index is 11.9. The molecule has 2 aromatic carbocycles. The van der Waals surface area contributed by atoms with E-state index in [1.165, 1.54) is 12.1 Å². The molecule has 0 unspecified atom stereocenters. The predicted molar refractivity (Wildman–Crippen MR) is 102 cm³/mol. The quantitative estimate of drug-likeness (QED) is 0.685. The van der Waals surface area contributed by atoms with Crippen LogP contribution in [0.15, 0.2) is 51.7 Å². The van der Waals surface area contributed by atoms with Gasteiger partial charge in [-0.15, -0.1) is 0 Å². The van der Waals surface area contributed by atoms with E-state index in [0.717, 1.165) is 34.4 Å². The van der Waals surface area contributed by atoms with E-state index in [2.05, 4.69) is 4.90 Å². The number of methoxy groups -OCH3 is 1. The summed E-state index contributed by atoms with van der Waals surface area (Å²) in [6, 6.07) is 12.9. The molecule has 0 fully saturated rings. The Morgan fingerprint density at radius 1 is 1.12 bits per heavy atom. The summed E-state index contributed by atoms with van der Waals surface area (Å²) in [5.74, 6) is 0.981. The number of rotatable bonds is 6. The van der Waals surface area contributed by atoms with Crippen molar-refractivity contribution in [3.05, 3.63) is 69.6 Å². The highest BCUT2D eigenvalue weighted by Crippen LogP contribution is 2.27. The number of nitrogens with zero attached hydrogens (tertiary/aromatic N) is 1. The summed E-state index contributed by atoms with van der Waals surface area (Å²) >= 11 is 0. The van der Waals surface area contributed by atoms with Gasteiger partial charge in [-0.05, 0) is 48.4 Å². The van der Waals surface area contributed by atoms with Crippen LogP contribution in [0.3, 0.4) is 0 Å². The van der Waals surface area contributed by atoms with Crippen LogP contribution in [0, 0.1) is 0 Å². The van der Waals surface area contributed by atoms with Crippen LogP contribution in [0.4, 0.5) is 0 Å². The lowest BCUT2D eigenvalue weighted by Gasteiger charge is -2.18. The molecule has 0 aliphatic rings. The number of phenols is 1. The smallest absolute Gasteiger partial charge is 0.336 e. The molecule has 0 saturated carbocycles. The molecule has 5 heteroatoms. The molecule has 0 aliphatic heterocycles.